The zero-order valence-corrected chi connectivity index (χ0v) is 11.4. The average Bonchev–Trinajstić information content (AvgIpc) is 2.85. The number of carbonyl (C=O) groups excluding carboxylic acids is 1. The molecule has 0 spiro atoms. The molecule has 0 aliphatic rings. The number of amides is 1. The zero-order valence-electron chi connectivity index (χ0n) is 9.81. The standard InChI is InChI=1S/C13H13ClN2OS/c1-8-7-9(14)4-5-10(8)16-13(17)12(15)11-3-2-6-18-11/h2-7,12H,15H2,1H3,(H,16,17). The number of thiophene rings is 1. The maximum Gasteiger partial charge on any atom is 0.246 e. The molecule has 1 atom stereocenters. The van der Waals surface area contributed by atoms with Gasteiger partial charge in [0.15, 0.2) is 0 Å². The molecule has 1 heterocycles. The van der Waals surface area contributed by atoms with Crippen LogP contribution in [0.1, 0.15) is 16.5 Å². The van der Waals surface area contributed by atoms with Crippen LogP contribution in [-0.4, -0.2) is 5.91 Å². The van der Waals surface area contributed by atoms with Gasteiger partial charge in [-0.2, -0.15) is 0 Å². The van der Waals surface area contributed by atoms with Gasteiger partial charge in [0.05, 0.1) is 0 Å². The minimum absolute atomic E-state index is 0.220. The number of nitrogens with one attached hydrogen (secondary N) is 1. The number of nitrogens with two attached hydrogens (primary N) is 1. The van der Waals surface area contributed by atoms with Crippen LogP contribution in [0, 0.1) is 6.92 Å². The van der Waals surface area contributed by atoms with Crippen LogP contribution < -0.4 is 11.1 Å². The van der Waals surface area contributed by atoms with Gasteiger partial charge in [0.2, 0.25) is 5.91 Å². The number of anilines is 1. The summed E-state index contributed by atoms with van der Waals surface area (Å²) in [6, 6.07) is 8.40. The van der Waals surface area contributed by atoms with Gasteiger partial charge in [0.1, 0.15) is 6.04 Å². The van der Waals surface area contributed by atoms with Crippen molar-refractivity contribution in [2.45, 2.75) is 13.0 Å². The number of halogens is 1. The molecule has 18 heavy (non-hydrogen) atoms. The minimum atomic E-state index is -0.639. The van der Waals surface area contributed by atoms with Crippen molar-refractivity contribution in [1.82, 2.24) is 0 Å². The highest BCUT2D eigenvalue weighted by molar-refractivity contribution is 7.10. The van der Waals surface area contributed by atoms with Gasteiger partial charge in [0, 0.05) is 15.6 Å². The second-order valence-corrected chi connectivity index (χ2v) is 5.36. The summed E-state index contributed by atoms with van der Waals surface area (Å²) in [7, 11) is 0. The van der Waals surface area contributed by atoms with Crippen LogP contribution >= 0.6 is 22.9 Å². The zero-order chi connectivity index (χ0) is 13.1. The lowest BCUT2D eigenvalue weighted by molar-refractivity contribution is -0.117. The molecule has 5 heteroatoms. The van der Waals surface area contributed by atoms with E-state index in [2.05, 4.69) is 5.32 Å². The summed E-state index contributed by atoms with van der Waals surface area (Å²) in [5.41, 5.74) is 7.53. The van der Waals surface area contributed by atoms with Gasteiger partial charge in [-0.3, -0.25) is 4.79 Å². The molecule has 0 radical (unpaired) electrons. The third-order valence-corrected chi connectivity index (χ3v) is 3.77. The van der Waals surface area contributed by atoms with Crippen LogP contribution in [0.15, 0.2) is 35.7 Å². The van der Waals surface area contributed by atoms with Crippen molar-refractivity contribution in [2.75, 3.05) is 5.32 Å². The normalized spacial score (nSPS) is 12.2. The Morgan fingerprint density at radius 1 is 1.44 bits per heavy atom. The van der Waals surface area contributed by atoms with Gasteiger partial charge in [-0.25, -0.2) is 0 Å². The Labute approximate surface area is 115 Å². The maximum atomic E-state index is 12.0. The number of aryl methyl sites for hydroxylation is 1. The van der Waals surface area contributed by atoms with Gasteiger partial charge in [-0.1, -0.05) is 17.7 Å². The highest BCUT2D eigenvalue weighted by Gasteiger charge is 2.17. The molecule has 1 aromatic heterocycles. The minimum Gasteiger partial charge on any atom is -0.324 e. The average molecular weight is 281 g/mol. The van der Waals surface area contributed by atoms with Crippen molar-refractivity contribution < 1.29 is 4.79 Å². The first-order chi connectivity index (χ1) is 8.58. The van der Waals surface area contributed by atoms with Crippen molar-refractivity contribution in [1.29, 1.82) is 0 Å². The summed E-state index contributed by atoms with van der Waals surface area (Å²) in [6.07, 6.45) is 0. The summed E-state index contributed by atoms with van der Waals surface area (Å²) in [4.78, 5) is 12.8. The maximum absolute atomic E-state index is 12.0. The Morgan fingerprint density at radius 3 is 2.83 bits per heavy atom. The summed E-state index contributed by atoms with van der Waals surface area (Å²) >= 11 is 7.33. The number of benzene rings is 1. The predicted molar refractivity (Wildman–Crippen MR) is 76.1 cm³/mol. The molecule has 94 valence electrons. The Balaban J connectivity index is 2.12. The summed E-state index contributed by atoms with van der Waals surface area (Å²) in [5.74, 6) is -0.220. The van der Waals surface area contributed by atoms with Crippen molar-refractivity contribution in [3.8, 4) is 0 Å². The fraction of sp³-hybridized carbons (Fsp3) is 0.154. The van der Waals surface area contributed by atoms with E-state index in [4.69, 9.17) is 17.3 Å². The van der Waals surface area contributed by atoms with E-state index in [9.17, 15) is 4.79 Å². The lowest BCUT2D eigenvalue weighted by Gasteiger charge is -2.12. The molecule has 3 N–H and O–H groups in total. The third kappa shape index (κ3) is 2.90. The third-order valence-electron chi connectivity index (χ3n) is 2.58. The first kappa shape index (κ1) is 13.1. The molecule has 0 bridgehead atoms. The molecule has 3 nitrogen and oxygen atoms in total. The van der Waals surface area contributed by atoms with Crippen molar-refractivity contribution in [2.24, 2.45) is 5.73 Å². The number of rotatable bonds is 3. The first-order valence-electron chi connectivity index (χ1n) is 5.44. The van der Waals surface area contributed by atoms with Crippen molar-refractivity contribution in [3.63, 3.8) is 0 Å². The van der Waals surface area contributed by atoms with Gasteiger partial charge < -0.3 is 11.1 Å². The summed E-state index contributed by atoms with van der Waals surface area (Å²) < 4.78 is 0. The molecule has 0 saturated heterocycles. The number of hydrogen-bond donors (Lipinski definition) is 2. The van der Waals surface area contributed by atoms with Crippen LogP contribution in [0.2, 0.25) is 5.02 Å². The van der Waals surface area contributed by atoms with Crippen LogP contribution in [0.25, 0.3) is 0 Å². The Kier molecular flexibility index (Phi) is 4.01. The Hall–Kier alpha value is -1.36. The molecular weight excluding hydrogens is 268 g/mol. The molecule has 2 aromatic rings. The SMILES string of the molecule is Cc1cc(Cl)ccc1NC(=O)C(N)c1cccs1. The second kappa shape index (κ2) is 5.52. The van der Waals surface area contributed by atoms with Gasteiger partial charge >= 0.3 is 0 Å². The van der Waals surface area contributed by atoms with E-state index >= 15 is 0 Å². The van der Waals surface area contributed by atoms with E-state index in [-0.39, 0.29) is 5.91 Å². The smallest absolute Gasteiger partial charge is 0.246 e. The van der Waals surface area contributed by atoms with E-state index < -0.39 is 6.04 Å². The van der Waals surface area contributed by atoms with Crippen LogP contribution in [0.5, 0.6) is 0 Å². The molecule has 0 aliphatic heterocycles. The predicted octanol–water partition coefficient (Wildman–Crippen LogP) is 3.35. The Morgan fingerprint density at radius 2 is 2.22 bits per heavy atom. The van der Waals surface area contributed by atoms with Crippen LogP contribution in [0.4, 0.5) is 5.69 Å². The van der Waals surface area contributed by atoms with Crippen LogP contribution in [-0.2, 0) is 4.79 Å². The summed E-state index contributed by atoms with van der Waals surface area (Å²) in [5, 5.41) is 5.35. The fourth-order valence-electron chi connectivity index (χ4n) is 1.58. The lowest BCUT2D eigenvalue weighted by Crippen LogP contribution is -2.27. The van der Waals surface area contributed by atoms with E-state index in [1.165, 1.54) is 11.3 Å². The van der Waals surface area contributed by atoms with E-state index in [1.54, 1.807) is 18.2 Å². The molecule has 0 saturated carbocycles. The number of carbonyl (C=O) groups is 1. The highest BCUT2D eigenvalue weighted by atomic mass is 35.5. The first-order valence-corrected chi connectivity index (χ1v) is 6.69. The molecule has 1 unspecified atom stereocenters. The monoisotopic (exact) mass is 280 g/mol. The van der Waals surface area contributed by atoms with E-state index in [1.807, 2.05) is 24.4 Å². The van der Waals surface area contributed by atoms with Crippen molar-refractivity contribution >= 4 is 34.5 Å². The largest absolute Gasteiger partial charge is 0.324 e. The van der Waals surface area contributed by atoms with E-state index in [0.717, 1.165) is 16.1 Å². The van der Waals surface area contributed by atoms with Gasteiger partial charge in [0.25, 0.3) is 0 Å². The fourth-order valence-corrected chi connectivity index (χ4v) is 2.53. The lowest BCUT2D eigenvalue weighted by atomic mass is 10.2. The van der Waals surface area contributed by atoms with Crippen molar-refractivity contribution in [3.05, 3.63) is 51.2 Å². The second-order valence-electron chi connectivity index (χ2n) is 3.94. The molecule has 1 amide bonds. The molecule has 0 aliphatic carbocycles. The highest BCUT2D eigenvalue weighted by Crippen LogP contribution is 2.22. The number of hydrogen-bond acceptors (Lipinski definition) is 3. The summed E-state index contributed by atoms with van der Waals surface area (Å²) in [6.45, 7) is 1.89. The van der Waals surface area contributed by atoms with Gasteiger partial charge in [-0.15, -0.1) is 11.3 Å². The molecular formula is C13H13ClN2OS. The topological polar surface area (TPSA) is 55.1 Å². The van der Waals surface area contributed by atoms with Gasteiger partial charge in [-0.05, 0) is 42.1 Å². The van der Waals surface area contributed by atoms with Crippen LogP contribution in [0.3, 0.4) is 0 Å². The molecule has 1 aromatic carbocycles. The molecule has 0 fully saturated rings. The van der Waals surface area contributed by atoms with E-state index in [0.29, 0.717) is 5.02 Å². The quantitative estimate of drug-likeness (QED) is 0.906. The molecule has 2 rings (SSSR count). The Bertz CT molecular complexity index is 554.